The number of nitrogens with zero attached hydrogens (tertiary/aromatic N) is 2. The molecule has 0 spiro atoms. The third-order valence-electron chi connectivity index (χ3n) is 2.52. The summed E-state index contributed by atoms with van der Waals surface area (Å²) in [6.07, 6.45) is 1.88. The van der Waals surface area contributed by atoms with E-state index in [0.717, 1.165) is 12.2 Å². The normalized spacial score (nSPS) is 22.9. The van der Waals surface area contributed by atoms with Gasteiger partial charge in [-0.1, -0.05) is 0 Å². The van der Waals surface area contributed by atoms with Crippen LogP contribution < -0.4 is 0 Å². The van der Waals surface area contributed by atoms with Gasteiger partial charge in [0.05, 0.1) is 6.04 Å². The van der Waals surface area contributed by atoms with Crippen molar-refractivity contribution in [2.45, 2.75) is 6.04 Å². The van der Waals surface area contributed by atoms with Gasteiger partial charge in [-0.2, -0.15) is 0 Å². The number of aromatic nitrogens is 1. The average Bonchev–Trinajstić information content (AvgIpc) is 2.70. The fraction of sp³-hybridized carbons (Fsp3) is 0.444. The largest absolute Gasteiger partial charge is 0.363 e. The number of likely N-dealkylation sites (N-methyl/N-ethyl adjacent to an activating group) is 2. The number of H-pyrrole nitrogens is 1. The Kier molecular flexibility index (Phi) is 1.76. The first-order valence-corrected chi connectivity index (χ1v) is 4.31. The molecule has 1 aromatic heterocycles. The van der Waals surface area contributed by atoms with E-state index in [2.05, 4.69) is 4.98 Å². The predicted molar refractivity (Wildman–Crippen MR) is 49.3 cm³/mol. The van der Waals surface area contributed by atoms with E-state index in [1.54, 1.807) is 9.80 Å². The molecule has 2 rings (SSSR count). The number of hydrogen-bond donors (Lipinski definition) is 1. The van der Waals surface area contributed by atoms with Crippen LogP contribution in [-0.2, 0) is 0 Å². The van der Waals surface area contributed by atoms with Crippen molar-refractivity contribution in [3.8, 4) is 0 Å². The number of carbonyl (C=O) groups is 1. The van der Waals surface area contributed by atoms with E-state index in [1.807, 2.05) is 32.4 Å². The zero-order valence-corrected chi connectivity index (χ0v) is 7.82. The van der Waals surface area contributed by atoms with Crippen molar-refractivity contribution >= 4 is 6.03 Å². The van der Waals surface area contributed by atoms with E-state index in [-0.39, 0.29) is 12.1 Å². The molecule has 0 radical (unpaired) electrons. The van der Waals surface area contributed by atoms with Gasteiger partial charge in [0.2, 0.25) is 0 Å². The highest BCUT2D eigenvalue weighted by atomic mass is 16.2. The fourth-order valence-corrected chi connectivity index (χ4v) is 1.72. The summed E-state index contributed by atoms with van der Waals surface area (Å²) < 4.78 is 0. The first-order valence-electron chi connectivity index (χ1n) is 4.31. The van der Waals surface area contributed by atoms with Crippen LogP contribution in [0.15, 0.2) is 18.3 Å². The number of aromatic amines is 1. The number of amides is 2. The van der Waals surface area contributed by atoms with Crippen LogP contribution in [0.5, 0.6) is 0 Å². The summed E-state index contributed by atoms with van der Waals surface area (Å²) in [6.45, 7) is 0.760. The van der Waals surface area contributed by atoms with Gasteiger partial charge in [-0.3, -0.25) is 0 Å². The van der Waals surface area contributed by atoms with E-state index in [4.69, 9.17) is 0 Å². The van der Waals surface area contributed by atoms with Crippen LogP contribution in [0, 0.1) is 0 Å². The average molecular weight is 179 g/mol. The molecule has 4 heteroatoms. The summed E-state index contributed by atoms with van der Waals surface area (Å²) in [7, 11) is 3.65. The van der Waals surface area contributed by atoms with Gasteiger partial charge in [0.25, 0.3) is 0 Å². The monoisotopic (exact) mass is 179 g/mol. The molecule has 70 valence electrons. The summed E-state index contributed by atoms with van der Waals surface area (Å²) in [4.78, 5) is 18.1. The Morgan fingerprint density at radius 2 is 2.31 bits per heavy atom. The molecule has 4 nitrogen and oxygen atoms in total. The highest BCUT2D eigenvalue weighted by molar-refractivity contribution is 5.76. The summed E-state index contributed by atoms with van der Waals surface area (Å²) in [5.41, 5.74) is 1.10. The van der Waals surface area contributed by atoms with Crippen molar-refractivity contribution < 1.29 is 4.79 Å². The lowest BCUT2D eigenvalue weighted by molar-refractivity contribution is 0.201. The number of nitrogens with one attached hydrogen (secondary N) is 1. The van der Waals surface area contributed by atoms with Crippen molar-refractivity contribution in [1.29, 1.82) is 0 Å². The molecule has 1 unspecified atom stereocenters. The van der Waals surface area contributed by atoms with Gasteiger partial charge in [0.1, 0.15) is 0 Å². The third kappa shape index (κ3) is 1.18. The Hall–Kier alpha value is -1.45. The molecule has 0 saturated carbocycles. The van der Waals surface area contributed by atoms with Crippen LogP contribution >= 0.6 is 0 Å². The van der Waals surface area contributed by atoms with Crippen LogP contribution in [0.3, 0.4) is 0 Å². The molecule has 1 saturated heterocycles. The minimum absolute atomic E-state index is 0.0830. The summed E-state index contributed by atoms with van der Waals surface area (Å²) >= 11 is 0. The molecule has 1 N–H and O–H groups in total. The number of hydrogen-bond acceptors (Lipinski definition) is 1. The van der Waals surface area contributed by atoms with Gasteiger partial charge in [-0.15, -0.1) is 0 Å². The standard InChI is InChI=1S/C9H13N3O/c1-11-6-8(12(2)9(11)13)7-4-3-5-10-7/h3-5,8,10H,6H2,1-2H3. The molecule has 1 aromatic rings. The van der Waals surface area contributed by atoms with Crippen LogP contribution in [-0.4, -0.2) is 41.5 Å². The quantitative estimate of drug-likeness (QED) is 0.687. The van der Waals surface area contributed by atoms with Crippen molar-refractivity contribution in [2.24, 2.45) is 0 Å². The molecule has 0 aliphatic carbocycles. The Morgan fingerprint density at radius 1 is 1.54 bits per heavy atom. The van der Waals surface area contributed by atoms with Gasteiger partial charge in [-0.25, -0.2) is 4.79 Å². The molecule has 1 fully saturated rings. The van der Waals surface area contributed by atoms with Crippen molar-refractivity contribution in [3.63, 3.8) is 0 Å². The summed E-state index contributed by atoms with van der Waals surface area (Å²) in [5.74, 6) is 0. The summed E-state index contributed by atoms with van der Waals surface area (Å²) in [6, 6.07) is 4.21. The van der Waals surface area contributed by atoms with E-state index in [1.165, 1.54) is 0 Å². The first kappa shape index (κ1) is 8.16. The topological polar surface area (TPSA) is 39.3 Å². The molecule has 13 heavy (non-hydrogen) atoms. The van der Waals surface area contributed by atoms with Crippen LogP contribution in [0.2, 0.25) is 0 Å². The van der Waals surface area contributed by atoms with E-state index in [9.17, 15) is 4.79 Å². The van der Waals surface area contributed by atoms with Crippen LogP contribution in [0.1, 0.15) is 11.7 Å². The van der Waals surface area contributed by atoms with E-state index < -0.39 is 0 Å². The van der Waals surface area contributed by atoms with Gasteiger partial charge in [0, 0.05) is 32.5 Å². The zero-order chi connectivity index (χ0) is 9.42. The maximum Gasteiger partial charge on any atom is 0.320 e. The lowest BCUT2D eigenvalue weighted by atomic mass is 10.2. The Morgan fingerprint density at radius 3 is 2.77 bits per heavy atom. The van der Waals surface area contributed by atoms with Gasteiger partial charge >= 0.3 is 6.03 Å². The van der Waals surface area contributed by atoms with Gasteiger partial charge in [0.15, 0.2) is 0 Å². The van der Waals surface area contributed by atoms with Crippen molar-refractivity contribution in [1.82, 2.24) is 14.8 Å². The fourth-order valence-electron chi connectivity index (χ4n) is 1.72. The molecule has 1 aliphatic heterocycles. The first-order chi connectivity index (χ1) is 6.20. The van der Waals surface area contributed by atoms with Crippen molar-refractivity contribution in [2.75, 3.05) is 20.6 Å². The highest BCUT2D eigenvalue weighted by Gasteiger charge is 2.33. The van der Waals surface area contributed by atoms with Gasteiger partial charge < -0.3 is 14.8 Å². The molecule has 1 atom stereocenters. The zero-order valence-electron chi connectivity index (χ0n) is 7.82. The Balaban J connectivity index is 2.23. The minimum atomic E-state index is 0.0830. The number of urea groups is 1. The second-order valence-electron chi connectivity index (χ2n) is 3.42. The minimum Gasteiger partial charge on any atom is -0.363 e. The molecule has 0 aromatic carbocycles. The third-order valence-corrected chi connectivity index (χ3v) is 2.52. The van der Waals surface area contributed by atoms with Gasteiger partial charge in [-0.05, 0) is 12.1 Å². The number of carbonyl (C=O) groups excluding carboxylic acids is 1. The van der Waals surface area contributed by atoms with Crippen LogP contribution in [0.4, 0.5) is 4.79 Å². The Labute approximate surface area is 77.1 Å². The Bertz CT molecular complexity index is 307. The lowest BCUT2D eigenvalue weighted by Crippen LogP contribution is -2.26. The molecular weight excluding hydrogens is 166 g/mol. The summed E-state index contributed by atoms with van der Waals surface area (Å²) in [5, 5.41) is 0. The SMILES string of the molecule is CN1CC(c2ccc[nH]2)N(C)C1=O. The highest BCUT2D eigenvalue weighted by Crippen LogP contribution is 2.25. The van der Waals surface area contributed by atoms with E-state index >= 15 is 0 Å². The maximum absolute atomic E-state index is 11.4. The van der Waals surface area contributed by atoms with Crippen LogP contribution in [0.25, 0.3) is 0 Å². The van der Waals surface area contributed by atoms with Crippen molar-refractivity contribution in [3.05, 3.63) is 24.0 Å². The molecule has 0 bridgehead atoms. The maximum atomic E-state index is 11.4. The smallest absolute Gasteiger partial charge is 0.320 e. The second-order valence-corrected chi connectivity index (χ2v) is 3.42. The predicted octanol–water partition coefficient (Wildman–Crippen LogP) is 1.05. The molecule has 2 amide bonds. The second kappa shape index (κ2) is 2.80. The molecule has 1 aliphatic rings. The van der Waals surface area contributed by atoms with E-state index in [0.29, 0.717) is 0 Å². The number of rotatable bonds is 1. The molecular formula is C9H13N3O. The lowest BCUT2D eigenvalue weighted by Gasteiger charge is -2.15. The molecule has 2 heterocycles.